The van der Waals surface area contributed by atoms with E-state index < -0.39 is 9.84 Å². The van der Waals surface area contributed by atoms with E-state index in [1.807, 2.05) is 32.9 Å². The van der Waals surface area contributed by atoms with E-state index in [0.29, 0.717) is 18.9 Å². The first-order chi connectivity index (χ1) is 12.8. The fourth-order valence-electron chi connectivity index (χ4n) is 3.45. The Morgan fingerprint density at radius 2 is 1.96 bits per heavy atom. The molecular weight excluding hydrogens is 364 g/mol. The summed E-state index contributed by atoms with van der Waals surface area (Å²) in [4.78, 5) is 23.0. The summed E-state index contributed by atoms with van der Waals surface area (Å²) in [5.74, 6) is 0.210. The van der Waals surface area contributed by atoms with Crippen molar-refractivity contribution in [3.05, 3.63) is 47.3 Å². The van der Waals surface area contributed by atoms with Crippen LogP contribution < -0.4 is 5.32 Å². The van der Waals surface area contributed by atoms with Gasteiger partial charge in [0.2, 0.25) is 5.95 Å². The van der Waals surface area contributed by atoms with Gasteiger partial charge in [0.15, 0.2) is 9.84 Å². The van der Waals surface area contributed by atoms with Crippen LogP contribution in [-0.2, 0) is 9.84 Å². The summed E-state index contributed by atoms with van der Waals surface area (Å²) >= 11 is 0. The number of amides is 1. The molecule has 1 fully saturated rings. The maximum atomic E-state index is 12.9. The summed E-state index contributed by atoms with van der Waals surface area (Å²) in [5, 5.41) is 3.13. The molecular formula is C19H24N4O3S. The van der Waals surface area contributed by atoms with Gasteiger partial charge in [-0.1, -0.05) is 6.07 Å². The van der Waals surface area contributed by atoms with E-state index in [9.17, 15) is 13.2 Å². The predicted octanol–water partition coefficient (Wildman–Crippen LogP) is 2.49. The third-order valence-corrected chi connectivity index (χ3v) is 6.35. The van der Waals surface area contributed by atoms with Crippen molar-refractivity contribution in [1.82, 2.24) is 14.9 Å². The van der Waals surface area contributed by atoms with E-state index >= 15 is 0 Å². The van der Waals surface area contributed by atoms with Crippen LogP contribution in [0.2, 0.25) is 0 Å². The van der Waals surface area contributed by atoms with Crippen molar-refractivity contribution in [1.29, 1.82) is 0 Å². The lowest BCUT2D eigenvalue weighted by Gasteiger charge is -2.26. The maximum absolute atomic E-state index is 12.9. The second-order valence-corrected chi connectivity index (χ2v) is 9.14. The van der Waals surface area contributed by atoms with Gasteiger partial charge in [-0.05, 0) is 56.5 Å². The van der Waals surface area contributed by atoms with Crippen molar-refractivity contribution >= 4 is 27.4 Å². The van der Waals surface area contributed by atoms with Crippen LogP contribution in [0, 0.1) is 13.8 Å². The van der Waals surface area contributed by atoms with Crippen LogP contribution in [-0.4, -0.2) is 53.3 Å². The minimum absolute atomic E-state index is 0.0192. The fourth-order valence-corrected chi connectivity index (χ4v) is 5.18. The Bertz CT molecular complexity index is 939. The molecule has 2 heterocycles. The molecule has 3 rings (SSSR count). The van der Waals surface area contributed by atoms with Gasteiger partial charge in [0.05, 0.1) is 11.5 Å². The van der Waals surface area contributed by atoms with Gasteiger partial charge in [-0.25, -0.2) is 18.4 Å². The van der Waals surface area contributed by atoms with Gasteiger partial charge in [-0.3, -0.25) is 4.79 Å². The van der Waals surface area contributed by atoms with E-state index in [2.05, 4.69) is 21.4 Å². The zero-order valence-electron chi connectivity index (χ0n) is 15.8. The van der Waals surface area contributed by atoms with Crippen molar-refractivity contribution in [3.63, 3.8) is 0 Å². The van der Waals surface area contributed by atoms with Crippen LogP contribution in [0.25, 0.3) is 0 Å². The number of hydrogen-bond acceptors (Lipinski definition) is 6. The van der Waals surface area contributed by atoms with E-state index in [4.69, 9.17) is 0 Å². The Balaban J connectivity index is 1.80. The van der Waals surface area contributed by atoms with Gasteiger partial charge in [-0.15, -0.1) is 0 Å². The third kappa shape index (κ3) is 4.63. The van der Waals surface area contributed by atoms with Gasteiger partial charge in [0.1, 0.15) is 5.69 Å². The van der Waals surface area contributed by atoms with Gasteiger partial charge < -0.3 is 10.2 Å². The molecule has 0 bridgehead atoms. The molecule has 0 spiro atoms. The number of anilines is 2. The Kier molecular flexibility index (Phi) is 5.46. The van der Waals surface area contributed by atoms with Crippen molar-refractivity contribution in [2.45, 2.75) is 33.2 Å². The number of sulfone groups is 1. The SMILES string of the molecule is CCN(C(=O)c1ccnc(Nc2cc(C)cc(C)c2)n1)C1CCS(=O)(=O)C1. The number of rotatable bonds is 5. The summed E-state index contributed by atoms with van der Waals surface area (Å²) in [7, 11) is -3.06. The highest BCUT2D eigenvalue weighted by Gasteiger charge is 2.34. The first-order valence-electron chi connectivity index (χ1n) is 8.97. The van der Waals surface area contributed by atoms with Crippen LogP contribution in [0.5, 0.6) is 0 Å². The monoisotopic (exact) mass is 388 g/mol. The van der Waals surface area contributed by atoms with E-state index in [1.54, 1.807) is 11.0 Å². The lowest BCUT2D eigenvalue weighted by atomic mass is 10.1. The van der Waals surface area contributed by atoms with E-state index in [0.717, 1.165) is 16.8 Å². The molecule has 1 unspecified atom stereocenters. The Labute approximate surface area is 159 Å². The fraction of sp³-hybridized carbons (Fsp3) is 0.421. The largest absolute Gasteiger partial charge is 0.334 e. The number of benzene rings is 1. The molecule has 144 valence electrons. The van der Waals surface area contributed by atoms with Crippen molar-refractivity contribution in [2.24, 2.45) is 0 Å². The molecule has 27 heavy (non-hydrogen) atoms. The highest BCUT2D eigenvalue weighted by atomic mass is 32.2. The molecule has 7 nitrogen and oxygen atoms in total. The third-order valence-electron chi connectivity index (χ3n) is 4.60. The molecule has 1 amide bonds. The Morgan fingerprint density at radius 1 is 1.26 bits per heavy atom. The molecule has 8 heteroatoms. The normalized spacial score (nSPS) is 18.3. The quantitative estimate of drug-likeness (QED) is 0.846. The van der Waals surface area contributed by atoms with Crippen LogP contribution in [0.15, 0.2) is 30.5 Å². The summed E-state index contributed by atoms with van der Waals surface area (Å²) in [5.41, 5.74) is 3.34. The van der Waals surface area contributed by atoms with E-state index in [-0.39, 0.29) is 29.1 Å². The molecule has 1 aromatic carbocycles. The second-order valence-electron chi connectivity index (χ2n) is 6.91. The summed E-state index contributed by atoms with van der Waals surface area (Å²) in [6, 6.07) is 7.29. The van der Waals surface area contributed by atoms with Crippen LogP contribution in [0.3, 0.4) is 0 Å². The molecule has 1 aromatic heterocycles. The van der Waals surface area contributed by atoms with Crippen LogP contribution in [0.1, 0.15) is 35.0 Å². The smallest absolute Gasteiger partial charge is 0.272 e. The molecule has 0 radical (unpaired) electrons. The number of carbonyl (C=O) groups excluding carboxylic acids is 1. The summed E-state index contributed by atoms with van der Waals surface area (Å²) in [6.45, 7) is 6.29. The molecule has 0 aliphatic carbocycles. The molecule has 0 saturated carbocycles. The van der Waals surface area contributed by atoms with Gasteiger partial charge >= 0.3 is 0 Å². The van der Waals surface area contributed by atoms with Crippen molar-refractivity contribution in [3.8, 4) is 0 Å². The average Bonchev–Trinajstić information content (AvgIpc) is 2.94. The minimum Gasteiger partial charge on any atom is -0.334 e. The predicted molar refractivity (Wildman–Crippen MR) is 105 cm³/mol. The highest BCUT2D eigenvalue weighted by Crippen LogP contribution is 2.21. The van der Waals surface area contributed by atoms with Crippen molar-refractivity contribution < 1.29 is 13.2 Å². The molecule has 1 aliphatic heterocycles. The lowest BCUT2D eigenvalue weighted by molar-refractivity contribution is 0.0702. The van der Waals surface area contributed by atoms with Crippen LogP contribution >= 0.6 is 0 Å². The van der Waals surface area contributed by atoms with Crippen LogP contribution in [0.4, 0.5) is 11.6 Å². The molecule has 2 aromatic rings. The zero-order chi connectivity index (χ0) is 19.6. The Morgan fingerprint density at radius 3 is 2.56 bits per heavy atom. The number of aryl methyl sites for hydroxylation is 2. The second kappa shape index (κ2) is 7.64. The lowest BCUT2D eigenvalue weighted by Crippen LogP contribution is -2.41. The zero-order valence-corrected chi connectivity index (χ0v) is 16.6. The summed E-state index contributed by atoms with van der Waals surface area (Å²) < 4.78 is 23.5. The maximum Gasteiger partial charge on any atom is 0.272 e. The standard InChI is InChI=1S/C19H24N4O3S/c1-4-23(16-6-8-27(25,26)12-16)18(24)17-5-7-20-19(22-17)21-15-10-13(2)9-14(3)11-15/h5,7,9-11,16H,4,6,8,12H2,1-3H3,(H,20,21,22). The molecule has 1 aliphatic rings. The number of nitrogens with one attached hydrogen (secondary N) is 1. The average molecular weight is 388 g/mol. The van der Waals surface area contributed by atoms with Gasteiger partial charge in [0, 0.05) is 24.5 Å². The number of hydrogen-bond donors (Lipinski definition) is 1. The van der Waals surface area contributed by atoms with Crippen molar-refractivity contribution in [2.75, 3.05) is 23.4 Å². The molecule has 1 atom stereocenters. The minimum atomic E-state index is -3.06. The first-order valence-corrected chi connectivity index (χ1v) is 10.8. The number of aromatic nitrogens is 2. The highest BCUT2D eigenvalue weighted by molar-refractivity contribution is 7.91. The summed E-state index contributed by atoms with van der Waals surface area (Å²) in [6.07, 6.45) is 2.01. The molecule has 1 N–H and O–H groups in total. The number of carbonyl (C=O) groups is 1. The van der Waals surface area contributed by atoms with Gasteiger partial charge in [-0.2, -0.15) is 0 Å². The number of nitrogens with zero attached hydrogens (tertiary/aromatic N) is 3. The topological polar surface area (TPSA) is 92.3 Å². The molecule has 1 saturated heterocycles. The first kappa shape index (κ1) is 19.3. The Hall–Kier alpha value is -2.48. The van der Waals surface area contributed by atoms with E-state index in [1.165, 1.54) is 6.20 Å². The van der Waals surface area contributed by atoms with Gasteiger partial charge in [0.25, 0.3) is 5.91 Å².